The second kappa shape index (κ2) is 3.95. The van der Waals surface area contributed by atoms with E-state index in [2.05, 4.69) is 0 Å². The highest BCUT2D eigenvalue weighted by Gasteiger charge is 2.28. The normalized spacial score (nSPS) is 12.8. The zero-order valence-corrected chi connectivity index (χ0v) is 7.40. The maximum absolute atomic E-state index is 11.6. The highest BCUT2D eigenvalue weighted by molar-refractivity contribution is 5.83. The number of hydrogen-bond donors (Lipinski definition) is 2. The summed E-state index contributed by atoms with van der Waals surface area (Å²) in [6, 6.07) is 0. The molecule has 0 aliphatic heterocycles. The van der Waals surface area contributed by atoms with Crippen molar-refractivity contribution in [1.82, 2.24) is 5.32 Å². The lowest BCUT2D eigenvalue weighted by Crippen LogP contribution is -2.43. The molecule has 2 N–H and O–H groups in total. The predicted octanol–water partition coefficient (Wildman–Crippen LogP) is 0.826. The fourth-order valence-corrected chi connectivity index (χ4v) is 0.534. The van der Waals surface area contributed by atoms with Crippen molar-refractivity contribution < 1.29 is 23.1 Å². The van der Waals surface area contributed by atoms with E-state index in [9.17, 15) is 18.0 Å². The minimum atomic E-state index is -4.28. The van der Waals surface area contributed by atoms with Crippen LogP contribution >= 0.6 is 0 Å². The molecule has 0 aromatic rings. The first kappa shape index (κ1) is 12.2. The summed E-state index contributed by atoms with van der Waals surface area (Å²) in [6.45, 7) is 1.90. The van der Waals surface area contributed by atoms with Gasteiger partial charge in [-0.1, -0.05) is 0 Å². The van der Waals surface area contributed by atoms with Crippen LogP contribution in [-0.4, -0.2) is 29.3 Å². The van der Waals surface area contributed by atoms with Crippen molar-refractivity contribution in [3.8, 4) is 0 Å². The zero-order chi connectivity index (χ0) is 10.7. The van der Waals surface area contributed by atoms with Gasteiger partial charge in [-0.2, -0.15) is 13.2 Å². The number of amides is 1. The van der Waals surface area contributed by atoms with Crippen molar-refractivity contribution in [3.63, 3.8) is 0 Å². The summed E-state index contributed by atoms with van der Waals surface area (Å²) in [5.74, 6) is -0.809. The smallest absolute Gasteiger partial charge is 0.381 e. The Morgan fingerprint density at radius 2 is 1.85 bits per heavy atom. The van der Waals surface area contributed by atoms with Gasteiger partial charge in [0.1, 0.15) is 5.60 Å². The summed E-state index contributed by atoms with van der Waals surface area (Å²) in [7, 11) is 0. The quantitative estimate of drug-likeness (QED) is 0.707. The lowest BCUT2D eigenvalue weighted by atomic mass is 10.1. The van der Waals surface area contributed by atoms with Gasteiger partial charge in [-0.15, -0.1) is 0 Å². The molecule has 0 bridgehead atoms. The summed E-state index contributed by atoms with van der Waals surface area (Å²) in [4.78, 5) is 10.8. The summed E-state index contributed by atoms with van der Waals surface area (Å²) in [6.07, 6.45) is -5.37. The second-order valence-electron chi connectivity index (χ2n) is 3.18. The molecular formula is C7H12F3NO2. The third kappa shape index (κ3) is 6.39. The number of halogens is 3. The Morgan fingerprint density at radius 3 is 2.15 bits per heavy atom. The summed E-state index contributed by atoms with van der Waals surface area (Å²) >= 11 is 0. The van der Waals surface area contributed by atoms with Crippen molar-refractivity contribution >= 4 is 5.91 Å². The largest absolute Gasteiger partial charge is 0.390 e. The van der Waals surface area contributed by atoms with Gasteiger partial charge in [-0.3, -0.25) is 4.79 Å². The van der Waals surface area contributed by atoms with Crippen LogP contribution < -0.4 is 5.32 Å². The highest BCUT2D eigenvalue weighted by atomic mass is 19.4. The number of nitrogens with one attached hydrogen (secondary N) is 1. The van der Waals surface area contributed by atoms with E-state index in [0.29, 0.717) is 0 Å². The number of carbonyl (C=O) groups excluding carboxylic acids is 1. The third-order valence-corrected chi connectivity index (χ3v) is 1.25. The van der Waals surface area contributed by atoms with Crippen LogP contribution in [-0.2, 0) is 4.79 Å². The molecule has 0 aromatic heterocycles. The van der Waals surface area contributed by atoms with Crippen molar-refractivity contribution in [2.24, 2.45) is 0 Å². The van der Waals surface area contributed by atoms with Crippen LogP contribution in [0.1, 0.15) is 20.3 Å². The number of carbonyl (C=O) groups is 1. The molecule has 0 spiro atoms. The van der Waals surface area contributed by atoms with E-state index in [-0.39, 0.29) is 0 Å². The molecule has 1 amide bonds. The van der Waals surface area contributed by atoms with Crippen LogP contribution in [0.3, 0.4) is 0 Å². The van der Waals surface area contributed by atoms with Gasteiger partial charge in [0, 0.05) is 6.54 Å². The SMILES string of the molecule is CC(C)(O)C(=O)NCCC(F)(F)F. The van der Waals surface area contributed by atoms with Gasteiger partial charge in [-0.25, -0.2) is 0 Å². The number of aliphatic hydroxyl groups is 1. The minimum Gasteiger partial charge on any atom is -0.381 e. The van der Waals surface area contributed by atoms with E-state index in [1.807, 2.05) is 5.32 Å². The van der Waals surface area contributed by atoms with Gasteiger partial charge in [-0.05, 0) is 13.8 Å². The Morgan fingerprint density at radius 1 is 1.38 bits per heavy atom. The van der Waals surface area contributed by atoms with Gasteiger partial charge in [0.15, 0.2) is 0 Å². The van der Waals surface area contributed by atoms with Gasteiger partial charge >= 0.3 is 6.18 Å². The summed E-state index contributed by atoms with van der Waals surface area (Å²) in [5.41, 5.74) is -1.63. The van der Waals surface area contributed by atoms with E-state index in [0.717, 1.165) is 0 Å². The lowest BCUT2D eigenvalue weighted by Gasteiger charge is -2.16. The number of hydrogen-bond acceptors (Lipinski definition) is 2. The number of rotatable bonds is 3. The molecule has 0 atom stereocenters. The third-order valence-electron chi connectivity index (χ3n) is 1.25. The fourth-order valence-electron chi connectivity index (χ4n) is 0.534. The molecule has 0 unspecified atom stereocenters. The molecule has 0 aliphatic carbocycles. The molecule has 13 heavy (non-hydrogen) atoms. The molecule has 3 nitrogen and oxygen atoms in total. The standard InChI is InChI=1S/C7H12F3NO2/c1-6(2,13)5(12)11-4-3-7(8,9)10/h13H,3-4H2,1-2H3,(H,11,12). The molecule has 78 valence electrons. The first-order valence-corrected chi connectivity index (χ1v) is 3.70. The second-order valence-corrected chi connectivity index (χ2v) is 3.18. The van der Waals surface area contributed by atoms with Crippen LogP contribution in [0.2, 0.25) is 0 Å². The van der Waals surface area contributed by atoms with Crippen LogP contribution in [0.5, 0.6) is 0 Å². The van der Waals surface area contributed by atoms with Crippen molar-refractivity contribution in [3.05, 3.63) is 0 Å². The molecule has 0 fully saturated rings. The topological polar surface area (TPSA) is 49.3 Å². The maximum atomic E-state index is 11.6. The molecule has 0 saturated carbocycles. The first-order chi connectivity index (χ1) is 5.63. The lowest BCUT2D eigenvalue weighted by molar-refractivity contribution is -0.141. The van der Waals surface area contributed by atoms with E-state index in [1.54, 1.807) is 0 Å². The highest BCUT2D eigenvalue weighted by Crippen LogP contribution is 2.18. The van der Waals surface area contributed by atoms with Crippen molar-refractivity contribution in [1.29, 1.82) is 0 Å². The van der Waals surface area contributed by atoms with Gasteiger partial charge < -0.3 is 10.4 Å². The van der Waals surface area contributed by atoms with E-state index >= 15 is 0 Å². The van der Waals surface area contributed by atoms with E-state index in [4.69, 9.17) is 5.11 Å². The Hall–Kier alpha value is -0.780. The fraction of sp³-hybridized carbons (Fsp3) is 0.857. The molecule has 0 aliphatic rings. The van der Waals surface area contributed by atoms with Crippen LogP contribution in [0.15, 0.2) is 0 Å². The molecule has 0 saturated heterocycles. The monoisotopic (exact) mass is 199 g/mol. The summed E-state index contributed by atoms with van der Waals surface area (Å²) < 4.78 is 34.8. The van der Waals surface area contributed by atoms with Gasteiger partial charge in [0.05, 0.1) is 6.42 Å². The Balaban J connectivity index is 3.74. The zero-order valence-electron chi connectivity index (χ0n) is 7.40. The maximum Gasteiger partial charge on any atom is 0.390 e. The molecule has 0 aromatic carbocycles. The molecule has 0 radical (unpaired) electrons. The van der Waals surface area contributed by atoms with Crippen molar-refractivity contribution in [2.45, 2.75) is 32.0 Å². The number of alkyl halides is 3. The van der Waals surface area contributed by atoms with Crippen LogP contribution in [0, 0.1) is 0 Å². The van der Waals surface area contributed by atoms with Crippen molar-refractivity contribution in [2.75, 3.05) is 6.54 Å². The first-order valence-electron chi connectivity index (χ1n) is 3.70. The molecule has 0 heterocycles. The van der Waals surface area contributed by atoms with E-state index in [1.165, 1.54) is 13.8 Å². The van der Waals surface area contributed by atoms with Gasteiger partial charge in [0.25, 0.3) is 5.91 Å². The van der Waals surface area contributed by atoms with Crippen LogP contribution in [0.25, 0.3) is 0 Å². The van der Waals surface area contributed by atoms with Gasteiger partial charge in [0.2, 0.25) is 0 Å². The minimum absolute atomic E-state index is 0.508. The molecule has 0 rings (SSSR count). The predicted molar refractivity (Wildman–Crippen MR) is 40.0 cm³/mol. The molecule has 6 heteroatoms. The Labute approximate surface area is 73.9 Å². The Bertz CT molecular complexity index is 183. The van der Waals surface area contributed by atoms with Crippen LogP contribution in [0.4, 0.5) is 13.2 Å². The average molecular weight is 199 g/mol. The summed E-state index contributed by atoms with van der Waals surface area (Å²) in [5, 5.41) is 11.0. The Kier molecular flexibility index (Phi) is 3.71. The van der Waals surface area contributed by atoms with E-state index < -0.39 is 30.7 Å². The molecular weight excluding hydrogens is 187 g/mol. The average Bonchev–Trinajstić information content (AvgIpc) is 1.82.